The van der Waals surface area contributed by atoms with E-state index < -0.39 is 0 Å². The van der Waals surface area contributed by atoms with Crippen molar-refractivity contribution < 1.29 is 4.79 Å². The molecule has 0 fully saturated rings. The van der Waals surface area contributed by atoms with Gasteiger partial charge in [0.2, 0.25) is 0 Å². The molecule has 2 aromatic rings. The summed E-state index contributed by atoms with van der Waals surface area (Å²) in [6, 6.07) is 16.0. The van der Waals surface area contributed by atoms with Gasteiger partial charge in [0.25, 0.3) is 5.91 Å². The summed E-state index contributed by atoms with van der Waals surface area (Å²) in [5.41, 5.74) is 1.41. The molecule has 2 rings (SSSR count). The summed E-state index contributed by atoms with van der Waals surface area (Å²) in [6.07, 6.45) is 1.70. The van der Waals surface area contributed by atoms with Gasteiger partial charge in [-0.3, -0.25) is 9.78 Å². The van der Waals surface area contributed by atoms with Crippen LogP contribution in [0.2, 0.25) is 0 Å². The number of carbonyl (C=O) groups is 1. The van der Waals surface area contributed by atoms with Gasteiger partial charge in [-0.25, -0.2) is 0 Å². The lowest BCUT2D eigenvalue weighted by atomic mass is 10.2. The number of benzene rings is 1. The summed E-state index contributed by atoms with van der Waals surface area (Å²) in [6.45, 7) is 0.429. The van der Waals surface area contributed by atoms with Crippen LogP contribution in [0.5, 0.6) is 0 Å². The van der Waals surface area contributed by atoms with Gasteiger partial charge in [-0.1, -0.05) is 12.1 Å². The number of hydrogen-bond donors (Lipinski definition) is 1. The summed E-state index contributed by atoms with van der Waals surface area (Å²) in [5, 5.41) is 2.78. The van der Waals surface area contributed by atoms with Crippen molar-refractivity contribution in [2.45, 2.75) is 6.54 Å². The Hall–Kier alpha value is -2.16. The van der Waals surface area contributed by atoms with Gasteiger partial charge >= 0.3 is 0 Å². The number of rotatable bonds is 3. The molecule has 0 saturated heterocycles. The molecule has 1 amide bonds. The molecule has 1 aromatic carbocycles. The number of nitrogens with one attached hydrogen (secondary N) is 1. The molecule has 1 N–H and O–H groups in total. The Bertz CT molecular complexity index is 454. The van der Waals surface area contributed by atoms with E-state index in [1.54, 1.807) is 24.4 Å². The fourth-order valence-electron chi connectivity index (χ4n) is 1.26. The van der Waals surface area contributed by atoms with Crippen molar-refractivity contribution in [3.63, 3.8) is 0 Å². The zero-order chi connectivity index (χ0) is 11.2. The highest BCUT2D eigenvalue weighted by Crippen LogP contribution is 1.98. The Labute approximate surface area is 94.1 Å². The van der Waals surface area contributed by atoms with Crippen molar-refractivity contribution in [2.75, 3.05) is 0 Å². The molecule has 0 aliphatic heterocycles. The van der Waals surface area contributed by atoms with Gasteiger partial charge in [0, 0.05) is 11.8 Å². The summed E-state index contributed by atoms with van der Waals surface area (Å²) >= 11 is 0. The number of hydrogen-bond acceptors (Lipinski definition) is 2. The summed E-state index contributed by atoms with van der Waals surface area (Å²) in [7, 11) is 0. The van der Waals surface area contributed by atoms with Crippen LogP contribution in [0.1, 0.15) is 16.1 Å². The number of amides is 1. The van der Waals surface area contributed by atoms with Crippen LogP contribution in [0.4, 0.5) is 0 Å². The maximum Gasteiger partial charge on any atom is 0.251 e. The zero-order valence-electron chi connectivity index (χ0n) is 8.60. The molecule has 3 nitrogen and oxygen atoms in total. The monoisotopic (exact) mass is 210 g/mol. The third-order valence-electron chi connectivity index (χ3n) is 2.08. The second-order valence-electron chi connectivity index (χ2n) is 3.23. The van der Waals surface area contributed by atoms with Crippen LogP contribution in [0.25, 0.3) is 0 Å². The van der Waals surface area contributed by atoms with Crippen molar-refractivity contribution >= 4 is 5.91 Å². The highest BCUT2D eigenvalue weighted by Gasteiger charge is 2.03. The zero-order valence-corrected chi connectivity index (χ0v) is 8.60. The Morgan fingerprint density at radius 1 is 1.31 bits per heavy atom. The standard InChI is InChI=1S/C13H10N2O/c16-13(11-6-2-1-3-7-11)15-10-12-8-4-5-9-14-12/h2,4-9H,10H2,(H,15,16). The fourth-order valence-corrected chi connectivity index (χ4v) is 1.26. The predicted octanol–water partition coefficient (Wildman–Crippen LogP) is 1.61. The van der Waals surface area contributed by atoms with E-state index >= 15 is 0 Å². The Kier molecular flexibility index (Phi) is 3.28. The molecule has 0 spiro atoms. The molecule has 0 unspecified atom stereocenters. The Balaban J connectivity index is 1.95. The SMILES string of the molecule is O=C(NCc1ccccn1)c1c[c][c]cc1. The first kappa shape index (κ1) is 10.4. The smallest absolute Gasteiger partial charge is 0.251 e. The first-order valence-electron chi connectivity index (χ1n) is 4.92. The van der Waals surface area contributed by atoms with E-state index in [1.165, 1.54) is 0 Å². The predicted molar refractivity (Wildman–Crippen MR) is 59.5 cm³/mol. The molecule has 0 aliphatic rings. The van der Waals surface area contributed by atoms with E-state index in [4.69, 9.17) is 0 Å². The molecule has 1 aromatic heterocycles. The van der Waals surface area contributed by atoms with Crippen molar-refractivity contribution in [3.8, 4) is 0 Å². The van der Waals surface area contributed by atoms with Crippen LogP contribution in [-0.2, 0) is 6.54 Å². The number of pyridine rings is 1. The van der Waals surface area contributed by atoms with Gasteiger partial charge in [-0.15, -0.1) is 0 Å². The van der Waals surface area contributed by atoms with E-state index in [1.807, 2.05) is 18.2 Å². The normalized spacial score (nSPS) is 9.75. The molecule has 16 heavy (non-hydrogen) atoms. The first-order valence-corrected chi connectivity index (χ1v) is 4.92. The molecule has 3 heteroatoms. The lowest BCUT2D eigenvalue weighted by Gasteiger charge is -2.03. The van der Waals surface area contributed by atoms with E-state index in [2.05, 4.69) is 22.4 Å². The van der Waals surface area contributed by atoms with Gasteiger partial charge in [0.05, 0.1) is 12.2 Å². The Morgan fingerprint density at radius 3 is 2.94 bits per heavy atom. The topological polar surface area (TPSA) is 42.0 Å². The van der Waals surface area contributed by atoms with E-state index in [9.17, 15) is 4.79 Å². The average Bonchev–Trinajstić information content (AvgIpc) is 2.38. The highest BCUT2D eigenvalue weighted by atomic mass is 16.1. The molecular formula is C13H10N2O. The van der Waals surface area contributed by atoms with Crippen LogP contribution >= 0.6 is 0 Å². The van der Waals surface area contributed by atoms with Gasteiger partial charge in [-0.05, 0) is 36.4 Å². The molecule has 0 atom stereocenters. The van der Waals surface area contributed by atoms with Crippen molar-refractivity contribution in [2.24, 2.45) is 0 Å². The maximum atomic E-state index is 11.6. The summed E-state index contributed by atoms with van der Waals surface area (Å²) in [5.74, 6) is -0.129. The second-order valence-corrected chi connectivity index (χ2v) is 3.23. The summed E-state index contributed by atoms with van der Waals surface area (Å²) in [4.78, 5) is 15.8. The van der Waals surface area contributed by atoms with Crippen molar-refractivity contribution in [1.82, 2.24) is 10.3 Å². The minimum Gasteiger partial charge on any atom is -0.346 e. The molecule has 0 saturated carbocycles. The van der Waals surface area contributed by atoms with E-state index in [0.717, 1.165) is 5.69 Å². The van der Waals surface area contributed by atoms with Gasteiger partial charge in [-0.2, -0.15) is 0 Å². The minimum atomic E-state index is -0.129. The maximum absolute atomic E-state index is 11.6. The number of carbonyl (C=O) groups excluding carboxylic acids is 1. The number of aromatic nitrogens is 1. The largest absolute Gasteiger partial charge is 0.346 e. The highest BCUT2D eigenvalue weighted by molar-refractivity contribution is 5.93. The quantitative estimate of drug-likeness (QED) is 0.836. The van der Waals surface area contributed by atoms with Crippen LogP contribution in [-0.4, -0.2) is 10.9 Å². The van der Waals surface area contributed by atoms with Gasteiger partial charge in [0.15, 0.2) is 0 Å². The molecular weight excluding hydrogens is 200 g/mol. The van der Waals surface area contributed by atoms with E-state index in [-0.39, 0.29) is 5.91 Å². The fraction of sp³-hybridized carbons (Fsp3) is 0.0769. The van der Waals surface area contributed by atoms with Crippen molar-refractivity contribution in [3.05, 3.63) is 66.0 Å². The third kappa shape index (κ3) is 2.67. The molecule has 0 bridgehead atoms. The van der Waals surface area contributed by atoms with Crippen LogP contribution < -0.4 is 5.32 Å². The van der Waals surface area contributed by atoms with Crippen molar-refractivity contribution in [1.29, 1.82) is 0 Å². The third-order valence-corrected chi connectivity index (χ3v) is 2.08. The van der Waals surface area contributed by atoms with Gasteiger partial charge in [0.1, 0.15) is 0 Å². The van der Waals surface area contributed by atoms with Crippen LogP contribution in [0.3, 0.4) is 0 Å². The molecule has 78 valence electrons. The van der Waals surface area contributed by atoms with Gasteiger partial charge < -0.3 is 5.32 Å². The van der Waals surface area contributed by atoms with E-state index in [0.29, 0.717) is 12.1 Å². The average molecular weight is 210 g/mol. The minimum absolute atomic E-state index is 0.129. The summed E-state index contributed by atoms with van der Waals surface area (Å²) < 4.78 is 0. The Morgan fingerprint density at radius 2 is 2.25 bits per heavy atom. The lowest BCUT2D eigenvalue weighted by molar-refractivity contribution is 0.0950. The molecule has 2 radical (unpaired) electrons. The molecule has 0 aliphatic carbocycles. The second kappa shape index (κ2) is 5.07. The molecule has 1 heterocycles. The number of nitrogens with zero attached hydrogens (tertiary/aromatic N) is 1. The first-order chi connectivity index (χ1) is 7.86. The lowest BCUT2D eigenvalue weighted by Crippen LogP contribution is -2.23. The van der Waals surface area contributed by atoms with Crippen LogP contribution in [0.15, 0.2) is 42.6 Å². The van der Waals surface area contributed by atoms with Crippen LogP contribution in [0, 0.1) is 12.1 Å².